The molecule has 1 N–H and O–H groups in total. The predicted molar refractivity (Wildman–Crippen MR) is 94.8 cm³/mol. The van der Waals surface area contributed by atoms with E-state index in [0.29, 0.717) is 13.1 Å². The molecule has 132 valence electrons. The number of amides is 1. The number of aliphatic hydroxyl groups excluding tert-OH is 1. The van der Waals surface area contributed by atoms with Crippen molar-refractivity contribution in [2.75, 3.05) is 13.2 Å². The van der Waals surface area contributed by atoms with E-state index in [2.05, 4.69) is 29.4 Å². The minimum Gasteiger partial charge on any atom is -0.395 e. The van der Waals surface area contributed by atoms with Gasteiger partial charge in [-0.15, -0.1) is 0 Å². The zero-order valence-corrected chi connectivity index (χ0v) is 14.7. The summed E-state index contributed by atoms with van der Waals surface area (Å²) in [5.74, 6) is 0.198. The van der Waals surface area contributed by atoms with Gasteiger partial charge in [0.15, 0.2) is 0 Å². The largest absolute Gasteiger partial charge is 0.395 e. The summed E-state index contributed by atoms with van der Waals surface area (Å²) in [4.78, 5) is 14.9. The van der Waals surface area contributed by atoms with Crippen molar-refractivity contribution in [2.24, 2.45) is 5.41 Å². The number of aromatic nitrogens is 2. The molecule has 0 spiro atoms. The second-order valence-corrected chi connectivity index (χ2v) is 7.61. The van der Waals surface area contributed by atoms with Crippen LogP contribution in [0.15, 0.2) is 42.7 Å². The lowest BCUT2D eigenvalue weighted by molar-refractivity contribution is -0.188. The van der Waals surface area contributed by atoms with Crippen molar-refractivity contribution in [2.45, 2.75) is 44.7 Å². The molecule has 0 atom stereocenters. The Bertz CT molecular complexity index is 748. The van der Waals surface area contributed by atoms with E-state index >= 15 is 0 Å². The monoisotopic (exact) mass is 339 g/mol. The third-order valence-corrected chi connectivity index (χ3v) is 5.91. The van der Waals surface area contributed by atoms with E-state index in [4.69, 9.17) is 0 Å². The summed E-state index contributed by atoms with van der Waals surface area (Å²) in [6.45, 7) is 3.76. The SMILES string of the molecule is CCn1cc(CN(CCO)C(=O)C23CC(c4ccccc4)(C2)C3)cn1. The molecule has 25 heavy (non-hydrogen) atoms. The molecule has 5 rings (SSSR count). The summed E-state index contributed by atoms with van der Waals surface area (Å²) >= 11 is 0. The summed E-state index contributed by atoms with van der Waals surface area (Å²) < 4.78 is 1.86. The van der Waals surface area contributed by atoms with Gasteiger partial charge in [-0.25, -0.2) is 0 Å². The van der Waals surface area contributed by atoms with Crippen molar-refractivity contribution in [3.8, 4) is 0 Å². The van der Waals surface area contributed by atoms with Crippen LogP contribution in [0.1, 0.15) is 37.3 Å². The molecule has 0 unspecified atom stereocenters. The standard InChI is InChI=1S/C20H25N3O2/c1-2-23-12-16(10-21-23)11-22(8-9-24)18(25)20-13-19(14-20,15-20)17-6-4-3-5-7-17/h3-7,10,12,24H,2,8-9,11,13-15H2,1H3. The van der Waals surface area contributed by atoms with Crippen LogP contribution in [0.25, 0.3) is 0 Å². The summed E-state index contributed by atoms with van der Waals surface area (Å²) in [6, 6.07) is 10.5. The Labute approximate surface area is 148 Å². The Hall–Kier alpha value is -2.14. The smallest absolute Gasteiger partial charge is 0.229 e. The maximum atomic E-state index is 13.1. The first-order chi connectivity index (χ1) is 12.1. The number of nitrogens with zero attached hydrogens (tertiary/aromatic N) is 3. The van der Waals surface area contributed by atoms with Gasteiger partial charge in [0.2, 0.25) is 5.91 Å². The highest BCUT2D eigenvalue weighted by atomic mass is 16.3. The van der Waals surface area contributed by atoms with E-state index in [1.807, 2.05) is 35.0 Å². The Morgan fingerprint density at radius 3 is 2.60 bits per heavy atom. The molecule has 1 amide bonds. The highest BCUT2D eigenvalue weighted by molar-refractivity contribution is 5.87. The number of carbonyl (C=O) groups excluding carboxylic acids is 1. The molecular weight excluding hydrogens is 314 g/mol. The minimum atomic E-state index is -0.203. The lowest BCUT2D eigenvalue weighted by Gasteiger charge is -2.70. The van der Waals surface area contributed by atoms with Crippen molar-refractivity contribution in [3.05, 3.63) is 53.9 Å². The highest BCUT2D eigenvalue weighted by Gasteiger charge is 2.72. The number of carbonyl (C=O) groups is 1. The van der Waals surface area contributed by atoms with Crippen LogP contribution in [0, 0.1) is 5.41 Å². The fourth-order valence-electron chi connectivity index (χ4n) is 4.70. The first kappa shape index (κ1) is 16.3. The zero-order valence-electron chi connectivity index (χ0n) is 14.7. The number of hydrogen-bond donors (Lipinski definition) is 1. The molecule has 0 saturated heterocycles. The molecule has 0 aliphatic heterocycles. The van der Waals surface area contributed by atoms with Gasteiger partial charge in [0.05, 0.1) is 18.2 Å². The van der Waals surface area contributed by atoms with Crippen LogP contribution in [0.4, 0.5) is 0 Å². The second-order valence-electron chi connectivity index (χ2n) is 7.61. The van der Waals surface area contributed by atoms with E-state index < -0.39 is 0 Å². The van der Waals surface area contributed by atoms with Crippen LogP contribution in [0.2, 0.25) is 0 Å². The van der Waals surface area contributed by atoms with Crippen LogP contribution >= 0.6 is 0 Å². The van der Waals surface area contributed by atoms with Crippen LogP contribution < -0.4 is 0 Å². The van der Waals surface area contributed by atoms with Gasteiger partial charge < -0.3 is 10.0 Å². The molecule has 5 heteroatoms. The van der Waals surface area contributed by atoms with Gasteiger partial charge in [-0.05, 0) is 37.2 Å². The number of aryl methyl sites for hydroxylation is 1. The molecule has 1 aromatic heterocycles. The zero-order chi connectivity index (χ0) is 17.5. The van der Waals surface area contributed by atoms with Gasteiger partial charge in [-0.3, -0.25) is 9.48 Å². The lowest BCUT2D eigenvalue weighted by Crippen LogP contribution is -2.70. The van der Waals surface area contributed by atoms with Gasteiger partial charge in [-0.1, -0.05) is 30.3 Å². The van der Waals surface area contributed by atoms with Crippen molar-refractivity contribution in [1.82, 2.24) is 14.7 Å². The molecule has 1 aromatic carbocycles. The Balaban J connectivity index is 1.44. The number of aliphatic hydroxyl groups is 1. The van der Waals surface area contributed by atoms with Crippen LogP contribution in [-0.2, 0) is 23.3 Å². The van der Waals surface area contributed by atoms with Crippen molar-refractivity contribution in [3.63, 3.8) is 0 Å². The lowest BCUT2D eigenvalue weighted by atomic mass is 9.33. The van der Waals surface area contributed by atoms with E-state index in [1.165, 1.54) is 5.56 Å². The Morgan fingerprint density at radius 1 is 1.28 bits per heavy atom. The molecule has 0 radical (unpaired) electrons. The van der Waals surface area contributed by atoms with Crippen molar-refractivity contribution < 1.29 is 9.90 Å². The highest BCUT2D eigenvalue weighted by Crippen LogP contribution is 2.74. The van der Waals surface area contributed by atoms with Gasteiger partial charge in [0.1, 0.15) is 0 Å². The fourth-order valence-corrected chi connectivity index (χ4v) is 4.70. The molecule has 2 bridgehead atoms. The third kappa shape index (κ3) is 2.58. The topological polar surface area (TPSA) is 58.4 Å². The number of rotatable bonds is 7. The van der Waals surface area contributed by atoms with E-state index in [-0.39, 0.29) is 23.3 Å². The quantitative estimate of drug-likeness (QED) is 0.842. The fraction of sp³-hybridized carbons (Fsp3) is 0.500. The van der Waals surface area contributed by atoms with E-state index in [9.17, 15) is 9.90 Å². The molecule has 1 heterocycles. The normalized spacial score (nSPS) is 26.6. The molecule has 3 saturated carbocycles. The molecule has 5 nitrogen and oxygen atoms in total. The van der Waals surface area contributed by atoms with Crippen LogP contribution in [-0.4, -0.2) is 38.8 Å². The molecule has 3 fully saturated rings. The van der Waals surface area contributed by atoms with Crippen molar-refractivity contribution >= 4 is 5.91 Å². The average Bonchev–Trinajstić information content (AvgIpc) is 3.01. The van der Waals surface area contributed by atoms with E-state index in [0.717, 1.165) is 31.4 Å². The summed E-state index contributed by atoms with van der Waals surface area (Å²) in [7, 11) is 0. The first-order valence-electron chi connectivity index (χ1n) is 9.08. The van der Waals surface area contributed by atoms with Crippen LogP contribution in [0.3, 0.4) is 0 Å². The Morgan fingerprint density at radius 2 is 2.00 bits per heavy atom. The summed E-state index contributed by atoms with van der Waals surface area (Å²) in [5, 5.41) is 13.7. The van der Waals surface area contributed by atoms with Gasteiger partial charge in [0, 0.05) is 31.4 Å². The minimum absolute atomic E-state index is 0.00639. The van der Waals surface area contributed by atoms with Crippen molar-refractivity contribution in [1.29, 1.82) is 0 Å². The van der Waals surface area contributed by atoms with Gasteiger partial charge in [-0.2, -0.15) is 5.10 Å². The van der Waals surface area contributed by atoms with Gasteiger partial charge >= 0.3 is 0 Å². The molecule has 3 aliphatic rings. The van der Waals surface area contributed by atoms with E-state index in [1.54, 1.807) is 0 Å². The molecular formula is C20H25N3O2. The number of hydrogen-bond acceptors (Lipinski definition) is 3. The summed E-state index contributed by atoms with van der Waals surface area (Å²) in [5.41, 5.74) is 2.40. The van der Waals surface area contributed by atoms with Crippen LogP contribution in [0.5, 0.6) is 0 Å². The Kier molecular flexibility index (Phi) is 3.91. The maximum Gasteiger partial charge on any atom is 0.229 e. The summed E-state index contributed by atoms with van der Waals surface area (Å²) in [6.07, 6.45) is 6.62. The molecule has 3 aliphatic carbocycles. The first-order valence-corrected chi connectivity index (χ1v) is 9.08. The number of benzene rings is 1. The maximum absolute atomic E-state index is 13.1. The second kappa shape index (κ2) is 5.99. The third-order valence-electron chi connectivity index (χ3n) is 5.91. The molecule has 2 aromatic rings. The predicted octanol–water partition coefficient (Wildman–Crippen LogP) is 2.35. The average molecular weight is 339 g/mol. The van der Waals surface area contributed by atoms with Gasteiger partial charge in [0.25, 0.3) is 0 Å².